The van der Waals surface area contributed by atoms with Gasteiger partial charge in [-0.25, -0.2) is 13.8 Å². The molecule has 0 unspecified atom stereocenters. The third-order valence-corrected chi connectivity index (χ3v) is 8.41. The first-order chi connectivity index (χ1) is 20.3. The molecule has 4 aromatic rings. The summed E-state index contributed by atoms with van der Waals surface area (Å²) in [5.74, 6) is -0.298. The minimum Gasteiger partial charge on any atom is -0.489 e. The Morgan fingerprint density at radius 3 is 2.23 bits per heavy atom. The van der Waals surface area contributed by atoms with Gasteiger partial charge in [-0.15, -0.1) is 0 Å². The Bertz CT molecular complexity index is 1710. The van der Waals surface area contributed by atoms with E-state index in [1.807, 2.05) is 12.1 Å². The topological polar surface area (TPSA) is 88.1 Å². The molecule has 0 atom stereocenters. The van der Waals surface area contributed by atoms with Gasteiger partial charge in [0.15, 0.2) is 0 Å². The minimum atomic E-state index is -4.85. The molecular weight excluding hydrogens is 626 g/mol. The number of hydrogen-bond donors (Lipinski definition) is 1. The van der Waals surface area contributed by atoms with E-state index < -0.39 is 44.9 Å². The van der Waals surface area contributed by atoms with E-state index in [-0.39, 0.29) is 4.90 Å². The van der Waals surface area contributed by atoms with Crippen molar-refractivity contribution in [2.45, 2.75) is 24.6 Å². The lowest BCUT2D eigenvalue weighted by Crippen LogP contribution is -2.39. The number of halogens is 5. The number of nitrogens with zero attached hydrogens (tertiary/aromatic N) is 2. The van der Waals surface area contributed by atoms with Gasteiger partial charge in [0.25, 0.3) is 15.9 Å². The molecule has 7 nitrogen and oxygen atoms in total. The second-order valence-corrected chi connectivity index (χ2v) is 12.0. The van der Waals surface area contributed by atoms with Crippen LogP contribution in [0.1, 0.15) is 22.3 Å². The maximum atomic E-state index is 13.5. The standard InChI is InChI=1S/C30H24Cl2F3N3O4S/c1-20-2-13-26(14-3-20)43(40,41)38(24-10-15-28(32)27(16-24)30(33,34)35)18-29(39)37-36-17-21-6-11-25(12-7-21)42-19-22-4-8-23(31)9-5-22/h2-17H,18-19H2,1H3,(H,37,39)/b36-17-. The summed E-state index contributed by atoms with van der Waals surface area (Å²) in [5, 5.41) is 3.87. The Labute approximate surface area is 256 Å². The minimum absolute atomic E-state index is 0.212. The SMILES string of the molecule is Cc1ccc(S(=O)(=O)N(CC(=O)N/N=C\c2ccc(OCc3ccc(Cl)cc3)cc2)c2ccc(Cl)c(C(F)(F)F)c2)cc1. The largest absolute Gasteiger partial charge is 0.489 e. The molecular formula is C30H24Cl2F3N3O4S. The van der Waals surface area contributed by atoms with Crippen LogP contribution in [0, 0.1) is 6.92 Å². The van der Waals surface area contributed by atoms with Crippen molar-refractivity contribution in [3.05, 3.63) is 123 Å². The summed E-state index contributed by atoms with van der Waals surface area (Å²) in [6, 6.07) is 22.3. The molecule has 0 bridgehead atoms. The van der Waals surface area contributed by atoms with E-state index in [9.17, 15) is 26.4 Å². The maximum absolute atomic E-state index is 13.5. The summed E-state index contributed by atoms with van der Waals surface area (Å²) < 4.78 is 73.9. The Balaban J connectivity index is 1.48. The van der Waals surface area contributed by atoms with Crippen LogP contribution in [0.25, 0.3) is 0 Å². The molecule has 224 valence electrons. The van der Waals surface area contributed by atoms with Crippen LogP contribution in [0.5, 0.6) is 5.75 Å². The molecule has 0 saturated carbocycles. The molecule has 1 N–H and O–H groups in total. The predicted octanol–water partition coefficient (Wildman–Crippen LogP) is 7.25. The Kier molecular flexibility index (Phi) is 10.0. The maximum Gasteiger partial charge on any atom is 0.417 e. The number of aryl methyl sites for hydroxylation is 1. The first kappa shape index (κ1) is 31.9. The third-order valence-electron chi connectivity index (χ3n) is 6.04. The molecule has 0 spiro atoms. The Hall–Kier alpha value is -4.06. The highest BCUT2D eigenvalue weighted by Gasteiger charge is 2.35. The highest BCUT2D eigenvalue weighted by atomic mass is 35.5. The van der Waals surface area contributed by atoms with E-state index in [1.54, 1.807) is 43.3 Å². The van der Waals surface area contributed by atoms with Gasteiger partial charge in [0.1, 0.15) is 18.9 Å². The second kappa shape index (κ2) is 13.5. The lowest BCUT2D eigenvalue weighted by atomic mass is 10.2. The monoisotopic (exact) mass is 649 g/mol. The van der Waals surface area contributed by atoms with Crippen LogP contribution in [-0.4, -0.2) is 27.1 Å². The fourth-order valence-corrected chi connectivity index (χ4v) is 5.54. The zero-order valence-electron chi connectivity index (χ0n) is 22.5. The van der Waals surface area contributed by atoms with Crippen molar-refractivity contribution in [3.8, 4) is 5.75 Å². The van der Waals surface area contributed by atoms with E-state index in [1.165, 1.54) is 30.5 Å². The van der Waals surface area contributed by atoms with Crippen molar-refractivity contribution in [2.24, 2.45) is 5.10 Å². The van der Waals surface area contributed by atoms with E-state index in [2.05, 4.69) is 10.5 Å². The summed E-state index contributed by atoms with van der Waals surface area (Å²) in [6.07, 6.45) is -3.53. The average Bonchev–Trinajstić information content (AvgIpc) is 2.96. The van der Waals surface area contributed by atoms with Gasteiger partial charge >= 0.3 is 6.18 Å². The number of benzene rings is 4. The zero-order chi connectivity index (χ0) is 31.2. The van der Waals surface area contributed by atoms with Gasteiger partial charge in [0, 0.05) is 5.02 Å². The molecule has 0 aliphatic carbocycles. The van der Waals surface area contributed by atoms with Gasteiger partial charge in [-0.05, 0) is 84.8 Å². The molecule has 0 aliphatic heterocycles. The van der Waals surface area contributed by atoms with Gasteiger partial charge in [0.2, 0.25) is 0 Å². The Morgan fingerprint density at radius 2 is 1.60 bits per heavy atom. The zero-order valence-corrected chi connectivity index (χ0v) is 24.8. The number of rotatable bonds is 10. The first-order valence-corrected chi connectivity index (χ1v) is 14.8. The highest BCUT2D eigenvalue weighted by Crippen LogP contribution is 2.38. The van der Waals surface area contributed by atoms with Crippen LogP contribution in [0.3, 0.4) is 0 Å². The molecule has 13 heteroatoms. The number of nitrogens with one attached hydrogen (secondary N) is 1. The quantitative estimate of drug-likeness (QED) is 0.145. The van der Waals surface area contributed by atoms with E-state index >= 15 is 0 Å². The summed E-state index contributed by atoms with van der Waals surface area (Å²) in [5.41, 5.74) is 2.88. The van der Waals surface area contributed by atoms with Crippen molar-refractivity contribution >= 4 is 51.0 Å². The molecule has 0 radical (unpaired) electrons. The molecule has 0 fully saturated rings. The van der Waals surface area contributed by atoms with E-state index in [0.29, 0.717) is 33.3 Å². The van der Waals surface area contributed by atoms with Gasteiger partial charge in [-0.3, -0.25) is 9.10 Å². The van der Waals surface area contributed by atoms with E-state index in [4.69, 9.17) is 27.9 Å². The number of carbonyl (C=O) groups is 1. The number of anilines is 1. The number of alkyl halides is 3. The summed E-state index contributed by atoms with van der Waals surface area (Å²) in [7, 11) is -4.46. The molecule has 43 heavy (non-hydrogen) atoms. The molecule has 4 rings (SSSR count). The molecule has 0 saturated heterocycles. The van der Waals surface area contributed by atoms with Crippen LogP contribution < -0.4 is 14.5 Å². The van der Waals surface area contributed by atoms with Gasteiger partial charge in [-0.1, -0.05) is 53.0 Å². The lowest BCUT2D eigenvalue weighted by Gasteiger charge is -2.25. The number of ether oxygens (including phenoxy) is 1. The van der Waals surface area contributed by atoms with Gasteiger partial charge < -0.3 is 4.74 Å². The number of hydrogen-bond acceptors (Lipinski definition) is 5. The average molecular weight is 651 g/mol. The van der Waals surface area contributed by atoms with Crippen molar-refractivity contribution in [1.82, 2.24) is 5.43 Å². The van der Waals surface area contributed by atoms with Crippen molar-refractivity contribution < 1.29 is 31.1 Å². The summed E-state index contributed by atoms with van der Waals surface area (Å²) in [4.78, 5) is 12.6. The van der Waals surface area contributed by atoms with Crippen molar-refractivity contribution in [2.75, 3.05) is 10.8 Å². The van der Waals surface area contributed by atoms with Gasteiger partial charge in [-0.2, -0.15) is 18.3 Å². The van der Waals surface area contributed by atoms with Crippen molar-refractivity contribution in [3.63, 3.8) is 0 Å². The molecule has 0 aromatic heterocycles. The fourth-order valence-electron chi connectivity index (χ4n) is 3.78. The first-order valence-electron chi connectivity index (χ1n) is 12.6. The number of amides is 1. The Morgan fingerprint density at radius 1 is 0.953 bits per heavy atom. The third kappa shape index (κ3) is 8.50. The summed E-state index contributed by atoms with van der Waals surface area (Å²) >= 11 is 11.6. The van der Waals surface area contributed by atoms with Crippen LogP contribution in [0.2, 0.25) is 10.0 Å². The smallest absolute Gasteiger partial charge is 0.417 e. The second-order valence-electron chi connectivity index (χ2n) is 9.26. The molecule has 0 aliphatic rings. The van der Waals surface area contributed by atoms with Gasteiger partial charge in [0.05, 0.1) is 27.4 Å². The predicted molar refractivity (Wildman–Crippen MR) is 160 cm³/mol. The number of carbonyl (C=O) groups excluding carboxylic acids is 1. The van der Waals surface area contributed by atoms with Crippen LogP contribution in [0.15, 0.2) is 101 Å². The van der Waals surface area contributed by atoms with Crippen LogP contribution in [-0.2, 0) is 27.6 Å². The normalized spacial score (nSPS) is 11.9. The highest BCUT2D eigenvalue weighted by molar-refractivity contribution is 7.92. The fraction of sp³-hybridized carbons (Fsp3) is 0.133. The van der Waals surface area contributed by atoms with Crippen molar-refractivity contribution in [1.29, 1.82) is 0 Å². The van der Waals surface area contributed by atoms with E-state index in [0.717, 1.165) is 23.3 Å². The summed E-state index contributed by atoms with van der Waals surface area (Å²) in [6.45, 7) is 1.22. The number of sulfonamides is 1. The van der Waals surface area contributed by atoms with Crippen LogP contribution in [0.4, 0.5) is 18.9 Å². The molecule has 4 aromatic carbocycles. The van der Waals surface area contributed by atoms with Crippen LogP contribution >= 0.6 is 23.2 Å². The molecule has 0 heterocycles. The number of hydrazone groups is 1. The lowest BCUT2D eigenvalue weighted by molar-refractivity contribution is -0.137. The molecule has 1 amide bonds.